The highest BCUT2D eigenvalue weighted by atomic mass is 16.3. The Kier molecular flexibility index (Phi) is 6.24. The maximum absolute atomic E-state index is 14.4. The second-order valence-corrected chi connectivity index (χ2v) is 13.7. The highest BCUT2D eigenvalue weighted by Gasteiger charge is 2.41. The normalized spacial score (nSPS) is 15.4. The van der Waals surface area contributed by atoms with Crippen LogP contribution < -0.4 is 9.80 Å². The van der Waals surface area contributed by atoms with E-state index in [-0.39, 0.29) is 5.91 Å². The molecule has 0 saturated heterocycles. The maximum Gasteiger partial charge on any atom is 0.268 e. The molecular formula is C46H28N4O4. The monoisotopic (exact) mass is 700 g/mol. The molecule has 1 unspecified atom stereocenters. The van der Waals surface area contributed by atoms with E-state index in [0.29, 0.717) is 45.0 Å². The number of benzene rings is 7. The fourth-order valence-corrected chi connectivity index (χ4v) is 8.64. The zero-order valence-corrected chi connectivity index (χ0v) is 28.5. The van der Waals surface area contributed by atoms with Crippen LogP contribution in [0.3, 0.4) is 0 Å². The second kappa shape index (κ2) is 11.1. The number of aliphatic hydroxyl groups is 1. The number of aliphatic hydroxyl groups excluding tert-OH is 1. The number of hydrogen-bond donors (Lipinski definition) is 1. The Labute approximate surface area is 307 Å². The fourth-order valence-electron chi connectivity index (χ4n) is 8.64. The van der Waals surface area contributed by atoms with Gasteiger partial charge in [0.2, 0.25) is 0 Å². The minimum Gasteiger partial charge on any atom is -0.369 e. The van der Waals surface area contributed by atoms with Gasteiger partial charge in [-0.1, -0.05) is 91.0 Å². The molecule has 256 valence electrons. The molecule has 54 heavy (non-hydrogen) atoms. The molecule has 0 saturated carbocycles. The van der Waals surface area contributed by atoms with E-state index in [1.165, 1.54) is 9.80 Å². The lowest BCUT2D eigenvalue weighted by Crippen LogP contribution is -2.30. The molecule has 8 nitrogen and oxygen atoms in total. The van der Waals surface area contributed by atoms with Crippen molar-refractivity contribution in [1.82, 2.24) is 9.13 Å². The van der Waals surface area contributed by atoms with E-state index >= 15 is 0 Å². The Morgan fingerprint density at radius 2 is 0.852 bits per heavy atom. The zero-order chi connectivity index (χ0) is 36.2. The molecule has 8 heteroatoms. The van der Waals surface area contributed by atoms with Crippen LogP contribution in [0.25, 0.3) is 55.0 Å². The second-order valence-electron chi connectivity index (χ2n) is 13.7. The molecular weight excluding hydrogens is 673 g/mol. The van der Waals surface area contributed by atoms with Crippen molar-refractivity contribution in [2.24, 2.45) is 0 Å². The van der Waals surface area contributed by atoms with Crippen molar-refractivity contribution < 1.29 is 19.5 Å². The number of carbonyl (C=O) groups is 3. The average Bonchev–Trinajstić information content (AvgIpc) is 3.89. The predicted octanol–water partition coefficient (Wildman–Crippen LogP) is 9.33. The number of fused-ring (bicyclic) bond motifs is 8. The van der Waals surface area contributed by atoms with E-state index in [1.54, 1.807) is 42.5 Å². The lowest BCUT2D eigenvalue weighted by Gasteiger charge is -2.22. The van der Waals surface area contributed by atoms with E-state index in [0.717, 1.165) is 43.6 Å². The summed E-state index contributed by atoms with van der Waals surface area (Å²) < 4.78 is 4.13. The lowest BCUT2D eigenvalue weighted by atomic mass is 10.1. The number of imide groups is 1. The number of aromatic nitrogens is 2. The maximum atomic E-state index is 14.4. The molecule has 7 aromatic carbocycles. The Morgan fingerprint density at radius 1 is 0.407 bits per heavy atom. The molecule has 1 atom stereocenters. The third-order valence-electron chi connectivity index (χ3n) is 11.0. The summed E-state index contributed by atoms with van der Waals surface area (Å²) in [5, 5.41) is 15.9. The topological polar surface area (TPSA) is 87.8 Å². The average molecular weight is 701 g/mol. The van der Waals surface area contributed by atoms with Gasteiger partial charge in [0, 0.05) is 32.8 Å². The largest absolute Gasteiger partial charge is 0.369 e. The van der Waals surface area contributed by atoms with E-state index in [9.17, 15) is 19.5 Å². The summed E-state index contributed by atoms with van der Waals surface area (Å²) in [6.45, 7) is 0. The summed E-state index contributed by atoms with van der Waals surface area (Å²) in [4.78, 5) is 45.2. The van der Waals surface area contributed by atoms with Crippen molar-refractivity contribution in [2.45, 2.75) is 6.23 Å². The third kappa shape index (κ3) is 3.97. The lowest BCUT2D eigenvalue weighted by molar-refractivity contribution is 0.0916. The number of amides is 3. The fraction of sp³-hybridized carbons (Fsp3) is 0.0217. The van der Waals surface area contributed by atoms with E-state index in [4.69, 9.17) is 0 Å². The van der Waals surface area contributed by atoms with Crippen LogP contribution in [0.2, 0.25) is 0 Å². The van der Waals surface area contributed by atoms with Gasteiger partial charge in [-0.15, -0.1) is 0 Å². The van der Waals surface area contributed by atoms with Gasteiger partial charge in [-0.05, 0) is 66.7 Å². The van der Waals surface area contributed by atoms with E-state index in [2.05, 4.69) is 28.8 Å². The smallest absolute Gasteiger partial charge is 0.268 e. The molecule has 11 rings (SSSR count). The van der Waals surface area contributed by atoms with Gasteiger partial charge in [-0.25, -0.2) is 4.90 Å². The molecule has 1 N–H and O–H groups in total. The summed E-state index contributed by atoms with van der Waals surface area (Å²) in [6.07, 6.45) is -1.24. The van der Waals surface area contributed by atoms with Crippen LogP contribution in [0.5, 0.6) is 0 Å². The van der Waals surface area contributed by atoms with Crippen molar-refractivity contribution in [2.75, 3.05) is 9.80 Å². The van der Waals surface area contributed by atoms with Gasteiger partial charge in [-0.3, -0.25) is 19.3 Å². The van der Waals surface area contributed by atoms with E-state index in [1.807, 2.05) is 95.6 Å². The summed E-state index contributed by atoms with van der Waals surface area (Å²) in [7, 11) is 0. The van der Waals surface area contributed by atoms with Gasteiger partial charge in [0.25, 0.3) is 17.7 Å². The van der Waals surface area contributed by atoms with Crippen molar-refractivity contribution in [3.63, 3.8) is 0 Å². The van der Waals surface area contributed by atoms with E-state index < -0.39 is 18.0 Å². The Hall–Kier alpha value is -7.29. The van der Waals surface area contributed by atoms with Crippen LogP contribution in [0.15, 0.2) is 158 Å². The van der Waals surface area contributed by atoms with Crippen LogP contribution >= 0.6 is 0 Å². The standard InChI is InChI=1S/C46H28N4O4/c51-43-33-15-9-21-39(49-35-17-5-1-11-29(35)30-12-2-6-18-36(30)49)41(33)45(53)47(43)27-23-25-28(26-24-27)48-44(52)34-16-10-22-40(42(34)46(48)54)50-37-19-7-3-13-31(37)32-14-4-8-20-38(32)50/h1-26,43,51H. The van der Waals surface area contributed by atoms with Crippen LogP contribution in [0.1, 0.15) is 42.9 Å². The summed E-state index contributed by atoms with van der Waals surface area (Å²) in [5.74, 6) is -1.20. The number of rotatable bonds is 4. The molecule has 4 heterocycles. The van der Waals surface area contributed by atoms with Gasteiger partial charge >= 0.3 is 0 Å². The SMILES string of the molecule is O=C1c2cccc(-n3c4ccccc4c4ccccc43)c2C(=O)N1c1ccc(N2C(=O)c3c(cccc3-n3c4ccccc4c4ccccc43)C2O)cc1. The molecule has 0 bridgehead atoms. The molecule has 0 aliphatic carbocycles. The summed E-state index contributed by atoms with van der Waals surface area (Å²) >= 11 is 0. The minimum absolute atomic E-state index is 0.321. The van der Waals surface area contributed by atoms with Gasteiger partial charge in [0.1, 0.15) is 0 Å². The number of nitrogens with zero attached hydrogens (tertiary/aromatic N) is 4. The van der Waals surface area contributed by atoms with Gasteiger partial charge in [-0.2, -0.15) is 0 Å². The number of hydrogen-bond acceptors (Lipinski definition) is 4. The van der Waals surface area contributed by atoms with Gasteiger partial charge in [0.05, 0.1) is 55.8 Å². The first-order valence-electron chi connectivity index (χ1n) is 17.7. The Balaban J connectivity index is 0.965. The minimum atomic E-state index is -1.24. The van der Waals surface area contributed by atoms with Crippen LogP contribution in [0, 0.1) is 0 Å². The molecule has 3 amide bonds. The Morgan fingerprint density at radius 3 is 1.37 bits per heavy atom. The molecule has 0 fully saturated rings. The van der Waals surface area contributed by atoms with Crippen LogP contribution in [-0.2, 0) is 0 Å². The van der Waals surface area contributed by atoms with Crippen LogP contribution in [0.4, 0.5) is 11.4 Å². The molecule has 2 aliphatic rings. The number of carbonyl (C=O) groups excluding carboxylic acids is 3. The van der Waals surface area contributed by atoms with Crippen molar-refractivity contribution in [3.05, 3.63) is 180 Å². The highest BCUT2D eigenvalue weighted by molar-refractivity contribution is 6.36. The molecule has 2 aliphatic heterocycles. The summed E-state index contributed by atoms with van der Waals surface area (Å²) in [6, 6.07) is 49.8. The first-order chi connectivity index (χ1) is 26.5. The first kappa shape index (κ1) is 30.3. The predicted molar refractivity (Wildman–Crippen MR) is 211 cm³/mol. The number of anilines is 2. The molecule has 0 radical (unpaired) electrons. The Bertz CT molecular complexity index is 2990. The zero-order valence-electron chi connectivity index (χ0n) is 28.5. The molecule has 2 aromatic heterocycles. The highest BCUT2D eigenvalue weighted by Crippen LogP contribution is 2.43. The molecule has 0 spiro atoms. The van der Waals surface area contributed by atoms with Crippen LogP contribution in [-0.4, -0.2) is 32.0 Å². The van der Waals surface area contributed by atoms with Gasteiger partial charge < -0.3 is 14.2 Å². The molecule has 9 aromatic rings. The third-order valence-corrected chi connectivity index (χ3v) is 11.0. The van der Waals surface area contributed by atoms with Crippen molar-refractivity contribution >= 4 is 72.7 Å². The number of para-hydroxylation sites is 4. The van der Waals surface area contributed by atoms with Crippen molar-refractivity contribution in [1.29, 1.82) is 0 Å². The van der Waals surface area contributed by atoms with Crippen molar-refractivity contribution in [3.8, 4) is 11.4 Å². The first-order valence-corrected chi connectivity index (χ1v) is 17.7. The van der Waals surface area contributed by atoms with Gasteiger partial charge in [0.15, 0.2) is 6.23 Å². The quantitative estimate of drug-likeness (QED) is 0.186. The summed E-state index contributed by atoms with van der Waals surface area (Å²) in [5.41, 5.74) is 7.46.